The molecule has 1 fully saturated rings. The number of carbonyl (C=O) groups excluding carboxylic acids is 1. The number of para-hydroxylation sites is 1. The lowest BCUT2D eigenvalue weighted by Gasteiger charge is -2.26. The van der Waals surface area contributed by atoms with Gasteiger partial charge >= 0.3 is 0 Å². The molecule has 1 saturated heterocycles. The van der Waals surface area contributed by atoms with E-state index in [9.17, 15) is 9.18 Å². The number of benzene rings is 2. The van der Waals surface area contributed by atoms with Crippen LogP contribution in [0.15, 0.2) is 54.7 Å². The van der Waals surface area contributed by atoms with Gasteiger partial charge in [-0.2, -0.15) is 4.98 Å². The summed E-state index contributed by atoms with van der Waals surface area (Å²) in [4.78, 5) is 23.1. The zero-order valence-corrected chi connectivity index (χ0v) is 19.3. The standard InChI is InChI=1S/C25H29FN6O3/c26-21-17-28-25(29-19-5-3-4-18(16-19)8-10-32-11-14-35-15-12-32)31-23(21)30-22-7-2-1-6-20(22)24(34)27-9-13-33/h1-7,16-17,33H,8-15H2,(H,27,34)(H2,28,29,30,31). The van der Waals surface area contributed by atoms with E-state index in [2.05, 4.69) is 36.9 Å². The summed E-state index contributed by atoms with van der Waals surface area (Å²) in [7, 11) is 0. The molecule has 1 aliphatic rings. The number of aromatic nitrogens is 2. The highest BCUT2D eigenvalue weighted by Crippen LogP contribution is 2.23. The molecule has 0 radical (unpaired) electrons. The van der Waals surface area contributed by atoms with Gasteiger partial charge in [-0.25, -0.2) is 9.37 Å². The molecule has 10 heteroatoms. The fraction of sp³-hybridized carbons (Fsp3) is 0.320. The second-order valence-electron chi connectivity index (χ2n) is 8.07. The van der Waals surface area contributed by atoms with Crippen molar-refractivity contribution in [3.05, 3.63) is 71.7 Å². The van der Waals surface area contributed by atoms with Crippen LogP contribution in [0.5, 0.6) is 0 Å². The number of carbonyl (C=O) groups is 1. The van der Waals surface area contributed by atoms with Crippen molar-refractivity contribution in [1.29, 1.82) is 0 Å². The monoisotopic (exact) mass is 480 g/mol. The average Bonchev–Trinajstić information content (AvgIpc) is 2.89. The Balaban J connectivity index is 1.44. The maximum Gasteiger partial charge on any atom is 0.253 e. The number of ether oxygens (including phenoxy) is 1. The van der Waals surface area contributed by atoms with Gasteiger partial charge in [0.05, 0.1) is 37.3 Å². The number of hydrogen-bond acceptors (Lipinski definition) is 8. The lowest BCUT2D eigenvalue weighted by atomic mass is 10.1. The fourth-order valence-corrected chi connectivity index (χ4v) is 3.74. The Morgan fingerprint density at radius 2 is 1.94 bits per heavy atom. The van der Waals surface area contributed by atoms with Crippen LogP contribution in [0.25, 0.3) is 0 Å². The lowest BCUT2D eigenvalue weighted by molar-refractivity contribution is 0.0384. The minimum absolute atomic E-state index is 0.0617. The summed E-state index contributed by atoms with van der Waals surface area (Å²) in [5.74, 6) is -0.876. The lowest BCUT2D eigenvalue weighted by Crippen LogP contribution is -2.37. The number of aliphatic hydroxyl groups excluding tert-OH is 1. The van der Waals surface area contributed by atoms with Crippen molar-refractivity contribution < 1.29 is 19.0 Å². The molecule has 1 aliphatic heterocycles. The van der Waals surface area contributed by atoms with Crippen molar-refractivity contribution >= 4 is 29.0 Å². The Morgan fingerprint density at radius 3 is 2.77 bits per heavy atom. The quantitative estimate of drug-likeness (QED) is 0.351. The summed E-state index contributed by atoms with van der Waals surface area (Å²) in [6, 6.07) is 14.7. The number of morpholine rings is 1. The molecule has 4 rings (SSSR count). The molecule has 1 aromatic heterocycles. The first-order valence-corrected chi connectivity index (χ1v) is 11.6. The topological polar surface area (TPSA) is 112 Å². The van der Waals surface area contributed by atoms with Gasteiger partial charge in [0.1, 0.15) is 0 Å². The number of hydrogen-bond donors (Lipinski definition) is 4. The van der Waals surface area contributed by atoms with Crippen molar-refractivity contribution in [3.63, 3.8) is 0 Å². The van der Waals surface area contributed by atoms with Crippen LogP contribution in [0.1, 0.15) is 15.9 Å². The van der Waals surface area contributed by atoms with Gasteiger partial charge in [-0.05, 0) is 36.2 Å². The van der Waals surface area contributed by atoms with Crippen LogP contribution in [0.3, 0.4) is 0 Å². The van der Waals surface area contributed by atoms with Crippen molar-refractivity contribution in [2.75, 3.05) is 56.6 Å². The molecular formula is C25H29FN6O3. The molecule has 35 heavy (non-hydrogen) atoms. The molecule has 0 spiro atoms. The zero-order chi connectivity index (χ0) is 24.5. The van der Waals surface area contributed by atoms with Crippen LogP contribution in [0.4, 0.5) is 27.5 Å². The molecule has 1 amide bonds. The molecule has 0 saturated carbocycles. The third kappa shape index (κ3) is 6.95. The van der Waals surface area contributed by atoms with E-state index in [1.165, 1.54) is 5.56 Å². The Bertz CT molecular complexity index is 1140. The maximum atomic E-state index is 14.5. The molecule has 4 N–H and O–H groups in total. The van der Waals surface area contributed by atoms with Crippen molar-refractivity contribution in [2.45, 2.75) is 6.42 Å². The van der Waals surface area contributed by atoms with E-state index >= 15 is 0 Å². The van der Waals surface area contributed by atoms with Gasteiger partial charge in [-0.1, -0.05) is 24.3 Å². The number of nitrogens with one attached hydrogen (secondary N) is 3. The number of amides is 1. The second-order valence-corrected chi connectivity index (χ2v) is 8.07. The summed E-state index contributed by atoms with van der Waals surface area (Å²) in [5.41, 5.74) is 2.66. The first-order chi connectivity index (χ1) is 17.1. The van der Waals surface area contributed by atoms with E-state index in [4.69, 9.17) is 9.84 Å². The largest absolute Gasteiger partial charge is 0.395 e. The summed E-state index contributed by atoms with van der Waals surface area (Å²) in [6.07, 6.45) is 1.98. The van der Waals surface area contributed by atoms with Crippen molar-refractivity contribution in [2.24, 2.45) is 0 Å². The highest BCUT2D eigenvalue weighted by molar-refractivity contribution is 6.00. The Hall–Kier alpha value is -3.60. The van der Waals surface area contributed by atoms with Crippen molar-refractivity contribution in [3.8, 4) is 0 Å². The van der Waals surface area contributed by atoms with E-state index in [1.54, 1.807) is 24.3 Å². The van der Waals surface area contributed by atoms with Crippen LogP contribution in [-0.4, -0.2) is 71.9 Å². The molecule has 0 bridgehead atoms. The zero-order valence-electron chi connectivity index (χ0n) is 19.3. The summed E-state index contributed by atoms with van der Waals surface area (Å²) < 4.78 is 19.9. The fourth-order valence-electron chi connectivity index (χ4n) is 3.74. The van der Waals surface area contributed by atoms with Gasteiger partial charge in [-0.15, -0.1) is 0 Å². The van der Waals surface area contributed by atoms with E-state index in [0.717, 1.165) is 51.2 Å². The normalized spacial score (nSPS) is 13.9. The predicted octanol–water partition coefficient (Wildman–Crippen LogP) is 2.70. The summed E-state index contributed by atoms with van der Waals surface area (Å²) in [6.45, 7) is 4.35. The minimum Gasteiger partial charge on any atom is -0.395 e. The van der Waals surface area contributed by atoms with E-state index in [-0.39, 0.29) is 30.8 Å². The van der Waals surface area contributed by atoms with Crippen molar-refractivity contribution in [1.82, 2.24) is 20.2 Å². The molecule has 3 aromatic rings. The number of nitrogens with zero attached hydrogens (tertiary/aromatic N) is 3. The number of anilines is 4. The molecule has 0 aliphatic carbocycles. The van der Waals surface area contributed by atoms with Crippen LogP contribution >= 0.6 is 0 Å². The minimum atomic E-state index is -0.652. The summed E-state index contributed by atoms with van der Waals surface area (Å²) >= 11 is 0. The highest BCUT2D eigenvalue weighted by atomic mass is 19.1. The van der Waals surface area contributed by atoms with Gasteiger partial charge in [0, 0.05) is 31.9 Å². The molecule has 184 valence electrons. The van der Waals surface area contributed by atoms with E-state index in [0.29, 0.717) is 11.3 Å². The molecule has 0 unspecified atom stereocenters. The van der Waals surface area contributed by atoms with E-state index in [1.807, 2.05) is 18.2 Å². The Morgan fingerprint density at radius 1 is 1.11 bits per heavy atom. The molecule has 0 atom stereocenters. The predicted molar refractivity (Wildman–Crippen MR) is 132 cm³/mol. The van der Waals surface area contributed by atoms with Crippen LogP contribution in [0, 0.1) is 5.82 Å². The maximum absolute atomic E-state index is 14.5. The molecular weight excluding hydrogens is 451 g/mol. The second kappa shape index (κ2) is 12.2. The van der Waals surface area contributed by atoms with Crippen LogP contribution in [0.2, 0.25) is 0 Å². The average molecular weight is 481 g/mol. The molecule has 9 nitrogen and oxygen atoms in total. The third-order valence-electron chi connectivity index (χ3n) is 5.57. The molecule has 2 heterocycles. The SMILES string of the molecule is O=C(NCCO)c1ccccc1Nc1nc(Nc2cccc(CCN3CCOCC3)c2)ncc1F. The van der Waals surface area contributed by atoms with Crippen LogP contribution < -0.4 is 16.0 Å². The van der Waals surface area contributed by atoms with Gasteiger partial charge in [0.25, 0.3) is 5.91 Å². The van der Waals surface area contributed by atoms with Gasteiger partial charge in [-0.3, -0.25) is 9.69 Å². The summed E-state index contributed by atoms with van der Waals surface area (Å²) in [5, 5.41) is 17.6. The Kier molecular flexibility index (Phi) is 8.55. The first kappa shape index (κ1) is 24.5. The Labute approximate surface area is 203 Å². The van der Waals surface area contributed by atoms with Gasteiger partial charge < -0.3 is 25.8 Å². The van der Waals surface area contributed by atoms with Gasteiger partial charge in [0.2, 0.25) is 5.95 Å². The number of rotatable bonds is 10. The molecule has 2 aromatic carbocycles. The smallest absolute Gasteiger partial charge is 0.253 e. The number of halogens is 1. The number of aliphatic hydroxyl groups is 1. The van der Waals surface area contributed by atoms with E-state index < -0.39 is 5.82 Å². The first-order valence-electron chi connectivity index (χ1n) is 11.6. The third-order valence-corrected chi connectivity index (χ3v) is 5.57. The van der Waals surface area contributed by atoms with Gasteiger partial charge in [0.15, 0.2) is 11.6 Å². The van der Waals surface area contributed by atoms with Crippen LogP contribution in [-0.2, 0) is 11.2 Å². The highest BCUT2D eigenvalue weighted by Gasteiger charge is 2.14.